The molecule has 0 unspecified atom stereocenters. The summed E-state index contributed by atoms with van der Waals surface area (Å²) in [7, 11) is 1.58. The molecule has 6 heteroatoms. The smallest absolute Gasteiger partial charge is 0.313 e. The third kappa shape index (κ3) is 7.23. The number of hydrogen-bond acceptors (Lipinski definition) is 4. The van der Waals surface area contributed by atoms with Gasteiger partial charge in [-0.05, 0) is 35.1 Å². The third-order valence-electron chi connectivity index (χ3n) is 4.41. The fourth-order valence-electron chi connectivity index (χ4n) is 2.68. The van der Waals surface area contributed by atoms with Gasteiger partial charge in [-0.15, -0.1) is 0 Å². The van der Waals surface area contributed by atoms with E-state index in [2.05, 4.69) is 55.7 Å². The SMILES string of the molecule is COCCOc1ccccc1NC(=O)C(=O)NCCc1ccc(C(C)(C)C)cc1. The van der Waals surface area contributed by atoms with Crippen LogP contribution in [0.25, 0.3) is 0 Å². The first kappa shape index (κ1) is 22.4. The Morgan fingerprint density at radius 3 is 2.28 bits per heavy atom. The highest BCUT2D eigenvalue weighted by molar-refractivity contribution is 6.39. The van der Waals surface area contributed by atoms with Crippen LogP contribution in [0.2, 0.25) is 0 Å². The minimum atomic E-state index is -0.726. The lowest BCUT2D eigenvalue weighted by Crippen LogP contribution is -2.36. The highest BCUT2D eigenvalue weighted by atomic mass is 16.5. The molecule has 29 heavy (non-hydrogen) atoms. The Kier molecular flexibility index (Phi) is 8.21. The van der Waals surface area contributed by atoms with Crippen molar-refractivity contribution >= 4 is 17.5 Å². The number of anilines is 1. The van der Waals surface area contributed by atoms with E-state index in [-0.39, 0.29) is 5.41 Å². The number of methoxy groups -OCH3 is 1. The molecular formula is C23H30N2O4. The van der Waals surface area contributed by atoms with Gasteiger partial charge in [0.25, 0.3) is 0 Å². The maximum absolute atomic E-state index is 12.2. The zero-order chi connectivity index (χ0) is 21.3. The number of nitrogens with one attached hydrogen (secondary N) is 2. The van der Waals surface area contributed by atoms with E-state index < -0.39 is 11.8 Å². The topological polar surface area (TPSA) is 76.7 Å². The average molecular weight is 399 g/mol. The number of para-hydroxylation sites is 2. The van der Waals surface area contributed by atoms with Crippen molar-refractivity contribution in [3.8, 4) is 5.75 Å². The van der Waals surface area contributed by atoms with Gasteiger partial charge in [0, 0.05) is 13.7 Å². The molecule has 0 aliphatic rings. The van der Waals surface area contributed by atoms with E-state index in [0.29, 0.717) is 37.6 Å². The van der Waals surface area contributed by atoms with Gasteiger partial charge in [0.2, 0.25) is 0 Å². The van der Waals surface area contributed by atoms with E-state index in [1.54, 1.807) is 31.4 Å². The van der Waals surface area contributed by atoms with Crippen LogP contribution in [0.4, 0.5) is 5.69 Å². The van der Waals surface area contributed by atoms with E-state index in [1.165, 1.54) is 5.56 Å². The average Bonchev–Trinajstić information content (AvgIpc) is 2.69. The summed E-state index contributed by atoms with van der Waals surface area (Å²) in [6, 6.07) is 15.3. The Morgan fingerprint density at radius 2 is 1.62 bits per heavy atom. The quantitative estimate of drug-likeness (QED) is 0.528. The molecule has 2 aromatic carbocycles. The molecule has 6 nitrogen and oxygen atoms in total. The van der Waals surface area contributed by atoms with E-state index in [4.69, 9.17) is 9.47 Å². The fraction of sp³-hybridized carbons (Fsp3) is 0.391. The van der Waals surface area contributed by atoms with Crippen molar-refractivity contribution in [2.24, 2.45) is 0 Å². The summed E-state index contributed by atoms with van der Waals surface area (Å²) >= 11 is 0. The van der Waals surface area contributed by atoms with Gasteiger partial charge in [0.1, 0.15) is 12.4 Å². The summed E-state index contributed by atoms with van der Waals surface area (Å²) < 4.78 is 10.5. The number of hydrogen-bond donors (Lipinski definition) is 2. The molecule has 0 saturated carbocycles. The lowest BCUT2D eigenvalue weighted by molar-refractivity contribution is -0.136. The molecule has 0 saturated heterocycles. The summed E-state index contributed by atoms with van der Waals surface area (Å²) in [5.41, 5.74) is 2.92. The summed E-state index contributed by atoms with van der Waals surface area (Å²) in [6.07, 6.45) is 0.653. The zero-order valence-electron chi connectivity index (χ0n) is 17.6. The van der Waals surface area contributed by atoms with Crippen molar-refractivity contribution in [1.29, 1.82) is 0 Å². The van der Waals surface area contributed by atoms with Crippen molar-refractivity contribution in [2.45, 2.75) is 32.6 Å². The zero-order valence-corrected chi connectivity index (χ0v) is 17.6. The number of carbonyl (C=O) groups excluding carboxylic acids is 2. The first-order chi connectivity index (χ1) is 13.8. The summed E-state index contributed by atoms with van der Waals surface area (Å²) in [4.78, 5) is 24.3. The normalized spacial score (nSPS) is 11.0. The van der Waals surface area contributed by atoms with Crippen molar-refractivity contribution in [1.82, 2.24) is 5.32 Å². The van der Waals surface area contributed by atoms with Gasteiger partial charge in [0.05, 0.1) is 12.3 Å². The summed E-state index contributed by atoms with van der Waals surface area (Å²) in [5, 5.41) is 5.25. The van der Waals surface area contributed by atoms with Crippen LogP contribution >= 0.6 is 0 Å². The molecule has 156 valence electrons. The lowest BCUT2D eigenvalue weighted by Gasteiger charge is -2.19. The first-order valence-electron chi connectivity index (χ1n) is 9.70. The third-order valence-corrected chi connectivity index (χ3v) is 4.41. The van der Waals surface area contributed by atoms with Gasteiger partial charge < -0.3 is 20.1 Å². The second-order valence-electron chi connectivity index (χ2n) is 7.74. The molecule has 0 atom stereocenters. The largest absolute Gasteiger partial charge is 0.489 e. The van der Waals surface area contributed by atoms with Gasteiger partial charge in [-0.1, -0.05) is 57.2 Å². The van der Waals surface area contributed by atoms with Gasteiger partial charge in [-0.3, -0.25) is 9.59 Å². The summed E-state index contributed by atoms with van der Waals surface area (Å²) in [5.74, 6) is -0.913. The van der Waals surface area contributed by atoms with Gasteiger partial charge >= 0.3 is 11.8 Å². The lowest BCUT2D eigenvalue weighted by atomic mass is 9.86. The van der Waals surface area contributed by atoms with E-state index in [0.717, 1.165) is 5.56 Å². The van der Waals surface area contributed by atoms with Crippen molar-refractivity contribution in [3.05, 3.63) is 59.7 Å². The Hall–Kier alpha value is -2.86. The minimum Gasteiger partial charge on any atom is -0.489 e. The Balaban J connectivity index is 1.83. The molecule has 0 bridgehead atoms. The molecule has 0 radical (unpaired) electrons. The highest BCUT2D eigenvalue weighted by Crippen LogP contribution is 2.24. The van der Waals surface area contributed by atoms with Crippen LogP contribution in [-0.2, 0) is 26.2 Å². The Labute approximate surface area is 172 Å². The van der Waals surface area contributed by atoms with Gasteiger partial charge in [-0.2, -0.15) is 0 Å². The van der Waals surface area contributed by atoms with Crippen LogP contribution < -0.4 is 15.4 Å². The minimum absolute atomic E-state index is 0.106. The molecule has 0 aliphatic carbocycles. The number of benzene rings is 2. The monoisotopic (exact) mass is 398 g/mol. The number of carbonyl (C=O) groups is 2. The Bertz CT molecular complexity index is 810. The molecule has 2 amide bonds. The van der Waals surface area contributed by atoms with Crippen LogP contribution in [-0.4, -0.2) is 38.7 Å². The predicted octanol–water partition coefficient (Wildman–Crippen LogP) is 3.31. The Morgan fingerprint density at radius 1 is 0.931 bits per heavy atom. The molecule has 2 aromatic rings. The number of amides is 2. The van der Waals surface area contributed by atoms with E-state index >= 15 is 0 Å². The standard InChI is InChI=1S/C23H30N2O4/c1-23(2,3)18-11-9-17(10-12-18)13-14-24-21(26)22(27)25-19-7-5-6-8-20(19)29-16-15-28-4/h5-12H,13-16H2,1-4H3,(H,24,26)(H,25,27). The summed E-state index contributed by atoms with van der Waals surface area (Å²) in [6.45, 7) is 7.67. The van der Waals surface area contributed by atoms with Crippen LogP contribution in [0.5, 0.6) is 5.75 Å². The molecular weight excluding hydrogens is 368 g/mol. The van der Waals surface area contributed by atoms with Gasteiger partial charge in [-0.25, -0.2) is 0 Å². The number of ether oxygens (including phenoxy) is 2. The van der Waals surface area contributed by atoms with Crippen molar-refractivity contribution < 1.29 is 19.1 Å². The molecule has 0 spiro atoms. The fourth-order valence-corrected chi connectivity index (χ4v) is 2.68. The van der Waals surface area contributed by atoms with E-state index in [9.17, 15) is 9.59 Å². The maximum atomic E-state index is 12.2. The molecule has 0 fully saturated rings. The first-order valence-corrected chi connectivity index (χ1v) is 9.70. The molecule has 2 rings (SSSR count). The highest BCUT2D eigenvalue weighted by Gasteiger charge is 2.16. The van der Waals surface area contributed by atoms with E-state index in [1.807, 2.05) is 0 Å². The molecule has 0 aliphatic heterocycles. The molecule has 0 heterocycles. The maximum Gasteiger partial charge on any atom is 0.313 e. The van der Waals surface area contributed by atoms with Crippen LogP contribution in [0, 0.1) is 0 Å². The van der Waals surface area contributed by atoms with Gasteiger partial charge in [0.15, 0.2) is 0 Å². The predicted molar refractivity (Wildman–Crippen MR) is 114 cm³/mol. The van der Waals surface area contributed by atoms with Crippen LogP contribution in [0.15, 0.2) is 48.5 Å². The molecule has 2 N–H and O–H groups in total. The number of rotatable bonds is 8. The second-order valence-corrected chi connectivity index (χ2v) is 7.74. The van der Waals surface area contributed by atoms with Crippen LogP contribution in [0.1, 0.15) is 31.9 Å². The van der Waals surface area contributed by atoms with Crippen LogP contribution in [0.3, 0.4) is 0 Å². The van der Waals surface area contributed by atoms with Crippen molar-refractivity contribution in [2.75, 3.05) is 32.2 Å². The molecule has 0 aromatic heterocycles. The second kappa shape index (κ2) is 10.6. The van der Waals surface area contributed by atoms with Crippen molar-refractivity contribution in [3.63, 3.8) is 0 Å².